The van der Waals surface area contributed by atoms with Crippen molar-refractivity contribution in [3.63, 3.8) is 0 Å². The number of carbonyl (C=O) groups excluding carboxylic acids is 1. The van der Waals surface area contributed by atoms with Crippen LogP contribution in [0.1, 0.15) is 67.5 Å². The van der Waals surface area contributed by atoms with Crippen molar-refractivity contribution in [2.24, 2.45) is 0 Å². The fraction of sp³-hybridized carbons (Fsp3) is 0.476. The molecule has 0 unspecified atom stereocenters. The number of pyridine rings is 1. The van der Waals surface area contributed by atoms with Gasteiger partial charge in [0.1, 0.15) is 11.5 Å². The van der Waals surface area contributed by atoms with Crippen LogP contribution < -0.4 is 5.32 Å². The van der Waals surface area contributed by atoms with Gasteiger partial charge in [0.25, 0.3) is 5.91 Å². The first-order valence-corrected chi connectivity index (χ1v) is 9.70. The highest BCUT2D eigenvalue weighted by atomic mass is 16.3. The van der Waals surface area contributed by atoms with Gasteiger partial charge in [0.15, 0.2) is 5.65 Å². The van der Waals surface area contributed by atoms with Crippen LogP contribution in [-0.4, -0.2) is 26.7 Å². The number of amides is 1. The molecule has 0 radical (unpaired) electrons. The van der Waals surface area contributed by atoms with Crippen molar-refractivity contribution in [1.29, 1.82) is 0 Å². The highest BCUT2D eigenvalue weighted by molar-refractivity contribution is 6.06. The zero-order valence-corrected chi connectivity index (χ0v) is 16.4. The molecule has 3 heterocycles. The van der Waals surface area contributed by atoms with Crippen LogP contribution in [0.4, 0.5) is 0 Å². The Kier molecular flexibility index (Phi) is 4.50. The second-order valence-corrected chi connectivity index (χ2v) is 7.76. The second-order valence-electron chi connectivity index (χ2n) is 7.76. The maximum absolute atomic E-state index is 13.1. The molecule has 6 nitrogen and oxygen atoms in total. The van der Waals surface area contributed by atoms with E-state index in [0.29, 0.717) is 5.56 Å². The lowest BCUT2D eigenvalue weighted by Crippen LogP contribution is -2.32. The maximum atomic E-state index is 13.1. The van der Waals surface area contributed by atoms with Crippen molar-refractivity contribution in [2.45, 2.75) is 65.5 Å². The number of furan rings is 1. The number of nitrogens with zero attached hydrogens (tertiary/aromatic N) is 3. The molecule has 0 saturated heterocycles. The number of aromatic nitrogens is 3. The summed E-state index contributed by atoms with van der Waals surface area (Å²) < 4.78 is 7.55. The molecule has 1 aliphatic carbocycles. The molecule has 3 aromatic rings. The van der Waals surface area contributed by atoms with E-state index in [0.717, 1.165) is 46.7 Å². The highest BCUT2D eigenvalue weighted by Gasteiger charge is 2.23. The Hall–Kier alpha value is -2.63. The fourth-order valence-electron chi connectivity index (χ4n) is 3.94. The van der Waals surface area contributed by atoms with Gasteiger partial charge in [-0.1, -0.05) is 12.8 Å². The molecule has 142 valence electrons. The standard InChI is InChI=1S/C21H26N4O2/c1-12(2)25-20-18(11-22-25)17(21(26)23-15-7-5-6-8-15)10-19(24-20)16-9-13(3)27-14(16)4/h9-12,15H,5-8H2,1-4H3,(H,23,26). The van der Waals surface area contributed by atoms with Crippen molar-refractivity contribution >= 4 is 16.9 Å². The average Bonchev–Trinajstić information content (AvgIpc) is 3.33. The largest absolute Gasteiger partial charge is 0.466 e. The third-order valence-corrected chi connectivity index (χ3v) is 5.31. The van der Waals surface area contributed by atoms with E-state index in [9.17, 15) is 4.79 Å². The van der Waals surface area contributed by atoms with Gasteiger partial charge < -0.3 is 9.73 Å². The van der Waals surface area contributed by atoms with Crippen molar-refractivity contribution < 1.29 is 9.21 Å². The third kappa shape index (κ3) is 3.24. The van der Waals surface area contributed by atoms with Crippen LogP contribution in [0.3, 0.4) is 0 Å². The lowest BCUT2D eigenvalue weighted by atomic mass is 10.1. The zero-order valence-electron chi connectivity index (χ0n) is 16.4. The van der Waals surface area contributed by atoms with E-state index in [1.807, 2.05) is 30.7 Å². The molecule has 1 fully saturated rings. The Bertz CT molecular complexity index is 993. The molecular weight excluding hydrogens is 340 g/mol. The number of rotatable bonds is 4. The summed E-state index contributed by atoms with van der Waals surface area (Å²) in [7, 11) is 0. The third-order valence-electron chi connectivity index (χ3n) is 5.31. The summed E-state index contributed by atoms with van der Waals surface area (Å²) in [6.07, 6.45) is 6.22. The minimum absolute atomic E-state index is 0.0447. The van der Waals surface area contributed by atoms with Gasteiger partial charge in [-0.05, 0) is 52.7 Å². The molecule has 0 spiro atoms. The van der Waals surface area contributed by atoms with Gasteiger partial charge in [0.05, 0.1) is 22.8 Å². The van der Waals surface area contributed by atoms with E-state index in [1.54, 1.807) is 6.20 Å². The molecule has 1 saturated carbocycles. The number of carbonyl (C=O) groups is 1. The molecule has 3 aromatic heterocycles. The summed E-state index contributed by atoms with van der Waals surface area (Å²) >= 11 is 0. The van der Waals surface area contributed by atoms with Gasteiger partial charge in [0, 0.05) is 17.6 Å². The first-order chi connectivity index (χ1) is 12.9. The molecular formula is C21H26N4O2. The van der Waals surface area contributed by atoms with Crippen molar-refractivity contribution in [1.82, 2.24) is 20.1 Å². The Balaban J connectivity index is 1.85. The van der Waals surface area contributed by atoms with Crippen LogP contribution in [0.25, 0.3) is 22.3 Å². The maximum Gasteiger partial charge on any atom is 0.252 e. The van der Waals surface area contributed by atoms with E-state index in [4.69, 9.17) is 9.40 Å². The van der Waals surface area contributed by atoms with Crippen LogP contribution in [-0.2, 0) is 0 Å². The summed E-state index contributed by atoms with van der Waals surface area (Å²) in [4.78, 5) is 17.9. The fourth-order valence-corrected chi connectivity index (χ4v) is 3.94. The molecule has 1 amide bonds. The summed E-state index contributed by atoms with van der Waals surface area (Å²) in [5, 5.41) is 8.47. The summed E-state index contributed by atoms with van der Waals surface area (Å²) in [6.45, 7) is 7.96. The number of hydrogen-bond acceptors (Lipinski definition) is 4. The van der Waals surface area contributed by atoms with Gasteiger partial charge >= 0.3 is 0 Å². The normalized spacial score (nSPS) is 15.1. The van der Waals surface area contributed by atoms with Gasteiger partial charge in [-0.15, -0.1) is 0 Å². The van der Waals surface area contributed by atoms with Crippen molar-refractivity contribution in [2.75, 3.05) is 0 Å². The van der Waals surface area contributed by atoms with E-state index >= 15 is 0 Å². The summed E-state index contributed by atoms with van der Waals surface area (Å²) in [5.41, 5.74) is 3.03. The monoisotopic (exact) mass is 366 g/mol. The minimum Gasteiger partial charge on any atom is -0.466 e. The van der Waals surface area contributed by atoms with Gasteiger partial charge in [-0.2, -0.15) is 5.10 Å². The lowest BCUT2D eigenvalue weighted by molar-refractivity contribution is 0.0939. The summed E-state index contributed by atoms with van der Waals surface area (Å²) in [6, 6.07) is 4.26. The topological polar surface area (TPSA) is 73.0 Å². The predicted molar refractivity (Wildman–Crippen MR) is 105 cm³/mol. The van der Waals surface area contributed by atoms with E-state index in [2.05, 4.69) is 24.3 Å². The Labute approximate surface area is 159 Å². The number of hydrogen-bond donors (Lipinski definition) is 1. The number of fused-ring (bicyclic) bond motifs is 1. The zero-order chi connectivity index (χ0) is 19.1. The average molecular weight is 366 g/mol. The SMILES string of the molecule is Cc1cc(-c2cc(C(=O)NC3CCCC3)c3cnn(C(C)C)c3n2)c(C)o1. The molecule has 6 heteroatoms. The molecule has 0 atom stereocenters. The van der Waals surface area contributed by atoms with Crippen LogP contribution >= 0.6 is 0 Å². The Morgan fingerprint density at radius 3 is 2.63 bits per heavy atom. The smallest absolute Gasteiger partial charge is 0.252 e. The molecule has 0 bridgehead atoms. The molecule has 27 heavy (non-hydrogen) atoms. The first kappa shape index (κ1) is 17.8. The molecule has 0 aliphatic heterocycles. The van der Waals surface area contributed by atoms with E-state index < -0.39 is 0 Å². The second kappa shape index (κ2) is 6.83. The minimum atomic E-state index is -0.0447. The molecule has 0 aromatic carbocycles. The van der Waals surface area contributed by atoms with Crippen molar-refractivity contribution in [3.05, 3.63) is 35.4 Å². The van der Waals surface area contributed by atoms with Gasteiger partial charge in [0.2, 0.25) is 0 Å². The first-order valence-electron chi connectivity index (χ1n) is 9.70. The lowest BCUT2D eigenvalue weighted by Gasteiger charge is -2.14. The van der Waals surface area contributed by atoms with Crippen LogP contribution in [0.5, 0.6) is 0 Å². The van der Waals surface area contributed by atoms with Crippen molar-refractivity contribution in [3.8, 4) is 11.3 Å². The van der Waals surface area contributed by atoms with Gasteiger partial charge in [-0.25, -0.2) is 9.67 Å². The van der Waals surface area contributed by atoms with E-state index in [-0.39, 0.29) is 18.0 Å². The Morgan fingerprint density at radius 1 is 1.26 bits per heavy atom. The van der Waals surface area contributed by atoms with E-state index in [1.165, 1.54) is 12.8 Å². The Morgan fingerprint density at radius 2 is 2.00 bits per heavy atom. The number of aryl methyl sites for hydroxylation is 2. The summed E-state index contributed by atoms with van der Waals surface area (Å²) in [5.74, 6) is 1.59. The van der Waals surface area contributed by atoms with Gasteiger partial charge in [-0.3, -0.25) is 4.79 Å². The quantitative estimate of drug-likeness (QED) is 0.734. The van der Waals surface area contributed by atoms with Crippen LogP contribution in [0.2, 0.25) is 0 Å². The highest BCUT2D eigenvalue weighted by Crippen LogP contribution is 2.30. The predicted octanol–water partition coefficient (Wildman–Crippen LogP) is 4.56. The molecule has 4 rings (SSSR count). The molecule has 1 aliphatic rings. The van der Waals surface area contributed by atoms with Crippen LogP contribution in [0, 0.1) is 13.8 Å². The molecule has 1 N–H and O–H groups in total. The van der Waals surface area contributed by atoms with Crippen LogP contribution in [0.15, 0.2) is 22.7 Å². The number of nitrogens with one attached hydrogen (secondary N) is 1.